The van der Waals surface area contributed by atoms with Crippen molar-refractivity contribution in [3.05, 3.63) is 71.4 Å². The van der Waals surface area contributed by atoms with E-state index in [9.17, 15) is 4.79 Å². The van der Waals surface area contributed by atoms with Gasteiger partial charge in [-0.05, 0) is 29.8 Å². The Hall–Kier alpha value is -2.38. The minimum absolute atomic E-state index is 0.00436. The number of rotatable bonds is 7. The Morgan fingerprint density at radius 3 is 2.71 bits per heavy atom. The molecular formula is C21H21N3O2S2. The van der Waals surface area contributed by atoms with Crippen molar-refractivity contribution in [2.45, 2.75) is 17.3 Å². The van der Waals surface area contributed by atoms with Gasteiger partial charge in [-0.25, -0.2) is 4.68 Å². The number of nitrogens with one attached hydrogen (secondary N) is 1. The van der Waals surface area contributed by atoms with Gasteiger partial charge >= 0.3 is 0 Å². The molecule has 1 amide bonds. The molecule has 0 bridgehead atoms. The maximum absolute atomic E-state index is 12.6. The van der Waals surface area contributed by atoms with Gasteiger partial charge in [-0.3, -0.25) is 4.79 Å². The van der Waals surface area contributed by atoms with Gasteiger partial charge in [0, 0.05) is 22.8 Å². The van der Waals surface area contributed by atoms with E-state index in [2.05, 4.69) is 17.4 Å². The second kappa shape index (κ2) is 8.75. The molecule has 0 saturated heterocycles. The van der Waals surface area contributed by atoms with E-state index in [1.165, 1.54) is 5.56 Å². The van der Waals surface area contributed by atoms with Crippen LogP contribution in [-0.4, -0.2) is 28.6 Å². The van der Waals surface area contributed by atoms with Gasteiger partial charge in [0.05, 0.1) is 24.2 Å². The highest BCUT2D eigenvalue weighted by Gasteiger charge is 2.24. The second-order valence-electron chi connectivity index (χ2n) is 6.40. The summed E-state index contributed by atoms with van der Waals surface area (Å²) in [5.41, 5.74) is 4.31. The summed E-state index contributed by atoms with van der Waals surface area (Å²) in [7, 11) is 1.65. The second-order valence-corrected chi connectivity index (χ2v) is 8.37. The number of carbonyl (C=O) groups excluding carboxylic acids is 1. The summed E-state index contributed by atoms with van der Waals surface area (Å²) in [6.07, 6.45) is 0. The molecule has 0 radical (unpaired) electrons. The fourth-order valence-corrected chi connectivity index (χ4v) is 4.88. The van der Waals surface area contributed by atoms with Crippen LogP contribution >= 0.6 is 23.5 Å². The average Bonchev–Trinajstić information content (AvgIpc) is 3.32. The number of ether oxygens (including phenoxy) is 1. The highest BCUT2D eigenvalue weighted by Crippen LogP contribution is 2.36. The van der Waals surface area contributed by atoms with Crippen molar-refractivity contribution < 1.29 is 9.53 Å². The molecule has 0 saturated carbocycles. The van der Waals surface area contributed by atoms with E-state index in [4.69, 9.17) is 9.84 Å². The van der Waals surface area contributed by atoms with Gasteiger partial charge in [0.25, 0.3) is 0 Å². The normalized spacial score (nSPS) is 12.6. The summed E-state index contributed by atoms with van der Waals surface area (Å²) in [4.78, 5) is 12.6. The van der Waals surface area contributed by atoms with Crippen molar-refractivity contribution in [2.24, 2.45) is 0 Å². The number of benzene rings is 2. The zero-order chi connectivity index (χ0) is 19.3. The lowest BCUT2D eigenvalue weighted by atomic mass is 10.2. The molecule has 1 aromatic heterocycles. The molecule has 1 N–H and O–H groups in total. The van der Waals surface area contributed by atoms with Crippen molar-refractivity contribution in [3.8, 4) is 11.4 Å². The number of hydrogen-bond acceptors (Lipinski definition) is 5. The smallest absolute Gasteiger partial charge is 0.235 e. The molecule has 5 nitrogen and oxygen atoms in total. The molecule has 144 valence electrons. The summed E-state index contributed by atoms with van der Waals surface area (Å²) in [5.74, 6) is 4.56. The summed E-state index contributed by atoms with van der Waals surface area (Å²) < 4.78 is 7.07. The Labute approximate surface area is 172 Å². The number of amides is 1. The van der Waals surface area contributed by atoms with E-state index < -0.39 is 0 Å². The molecule has 0 fully saturated rings. The monoisotopic (exact) mass is 411 g/mol. The van der Waals surface area contributed by atoms with Crippen LogP contribution in [0.5, 0.6) is 5.75 Å². The first kappa shape index (κ1) is 19.0. The van der Waals surface area contributed by atoms with E-state index in [0.717, 1.165) is 45.8 Å². The van der Waals surface area contributed by atoms with E-state index in [-0.39, 0.29) is 5.91 Å². The Morgan fingerprint density at radius 2 is 1.96 bits per heavy atom. The van der Waals surface area contributed by atoms with E-state index in [0.29, 0.717) is 5.75 Å². The van der Waals surface area contributed by atoms with E-state index in [1.54, 1.807) is 18.9 Å². The van der Waals surface area contributed by atoms with Crippen LogP contribution in [0.2, 0.25) is 0 Å². The summed E-state index contributed by atoms with van der Waals surface area (Å²) in [6, 6.07) is 17.9. The number of methoxy groups -OCH3 is 1. The summed E-state index contributed by atoms with van der Waals surface area (Å²) >= 11 is 3.44. The van der Waals surface area contributed by atoms with Crippen LogP contribution in [0, 0.1) is 0 Å². The van der Waals surface area contributed by atoms with Gasteiger partial charge in [-0.15, -0.1) is 11.8 Å². The molecule has 1 aliphatic heterocycles. The average molecular weight is 412 g/mol. The number of nitrogens with zero attached hydrogens (tertiary/aromatic N) is 2. The van der Waals surface area contributed by atoms with Crippen LogP contribution in [0.3, 0.4) is 0 Å². The minimum atomic E-state index is -0.00436. The molecule has 3 aromatic rings. The first-order valence-corrected chi connectivity index (χ1v) is 11.3. The fraction of sp³-hybridized carbons (Fsp3) is 0.238. The molecule has 7 heteroatoms. The Balaban J connectivity index is 1.47. The van der Waals surface area contributed by atoms with Crippen LogP contribution in [0.1, 0.15) is 16.8 Å². The molecule has 0 unspecified atom stereocenters. The van der Waals surface area contributed by atoms with Gasteiger partial charge in [0.1, 0.15) is 11.6 Å². The SMILES string of the molecule is COc1ccc(-n2nc3c(c2NC(=O)CSCc2ccccc2)CSC3)cc1. The molecule has 0 aliphatic carbocycles. The third-order valence-electron chi connectivity index (χ3n) is 4.47. The van der Waals surface area contributed by atoms with Gasteiger partial charge in [-0.1, -0.05) is 30.3 Å². The molecule has 4 rings (SSSR count). The number of hydrogen-bond donors (Lipinski definition) is 1. The number of fused-ring (bicyclic) bond motifs is 1. The van der Waals surface area contributed by atoms with Crippen LogP contribution in [-0.2, 0) is 22.1 Å². The standard InChI is InChI=1S/C21H21N3O2S2/c1-26-17-9-7-16(8-10-17)24-21(18-12-28-13-19(18)23-24)22-20(25)14-27-11-15-5-3-2-4-6-15/h2-10H,11-14H2,1H3,(H,22,25). The lowest BCUT2D eigenvalue weighted by Gasteiger charge is -2.11. The highest BCUT2D eigenvalue weighted by atomic mass is 32.2. The Kier molecular flexibility index (Phi) is 5.92. The Morgan fingerprint density at radius 1 is 1.18 bits per heavy atom. The molecule has 28 heavy (non-hydrogen) atoms. The van der Waals surface area contributed by atoms with Crippen LogP contribution in [0.4, 0.5) is 5.82 Å². The molecule has 2 aromatic carbocycles. The van der Waals surface area contributed by atoms with Crippen molar-refractivity contribution in [3.63, 3.8) is 0 Å². The lowest BCUT2D eigenvalue weighted by Crippen LogP contribution is -2.18. The first-order valence-electron chi connectivity index (χ1n) is 8.99. The predicted octanol–water partition coefficient (Wildman–Crippen LogP) is 4.50. The first-order chi connectivity index (χ1) is 13.7. The molecule has 1 aliphatic rings. The van der Waals surface area contributed by atoms with Crippen molar-refractivity contribution >= 4 is 35.2 Å². The molecule has 0 atom stereocenters. The third kappa shape index (κ3) is 4.20. The Bertz CT molecular complexity index is 956. The van der Waals surface area contributed by atoms with Gasteiger partial charge in [0.2, 0.25) is 5.91 Å². The zero-order valence-electron chi connectivity index (χ0n) is 15.6. The largest absolute Gasteiger partial charge is 0.497 e. The van der Waals surface area contributed by atoms with Crippen LogP contribution < -0.4 is 10.1 Å². The van der Waals surface area contributed by atoms with Gasteiger partial charge < -0.3 is 10.1 Å². The highest BCUT2D eigenvalue weighted by molar-refractivity contribution is 7.99. The predicted molar refractivity (Wildman–Crippen MR) is 116 cm³/mol. The lowest BCUT2D eigenvalue weighted by molar-refractivity contribution is -0.113. The maximum atomic E-state index is 12.6. The van der Waals surface area contributed by atoms with E-state index in [1.807, 2.05) is 58.9 Å². The number of aromatic nitrogens is 2. The molecule has 2 heterocycles. The zero-order valence-corrected chi connectivity index (χ0v) is 17.2. The number of thioether (sulfide) groups is 2. The number of carbonyl (C=O) groups is 1. The third-order valence-corrected chi connectivity index (χ3v) is 6.45. The van der Waals surface area contributed by atoms with Crippen LogP contribution in [0.25, 0.3) is 5.69 Å². The maximum Gasteiger partial charge on any atom is 0.235 e. The van der Waals surface area contributed by atoms with Crippen LogP contribution in [0.15, 0.2) is 54.6 Å². The van der Waals surface area contributed by atoms with Gasteiger partial charge in [-0.2, -0.15) is 16.9 Å². The number of anilines is 1. The van der Waals surface area contributed by atoms with Crippen molar-refractivity contribution in [2.75, 3.05) is 18.2 Å². The fourth-order valence-electron chi connectivity index (χ4n) is 3.06. The van der Waals surface area contributed by atoms with Crippen molar-refractivity contribution in [1.29, 1.82) is 0 Å². The topological polar surface area (TPSA) is 56.1 Å². The quantitative estimate of drug-likeness (QED) is 0.620. The molecular weight excluding hydrogens is 390 g/mol. The van der Waals surface area contributed by atoms with Crippen molar-refractivity contribution in [1.82, 2.24) is 9.78 Å². The van der Waals surface area contributed by atoms with Gasteiger partial charge in [0.15, 0.2) is 0 Å². The summed E-state index contributed by atoms with van der Waals surface area (Å²) in [6.45, 7) is 0. The molecule has 0 spiro atoms. The summed E-state index contributed by atoms with van der Waals surface area (Å²) in [5, 5.41) is 7.83. The minimum Gasteiger partial charge on any atom is -0.497 e. The van der Waals surface area contributed by atoms with E-state index >= 15 is 0 Å².